The third-order valence-corrected chi connectivity index (χ3v) is 4.78. The first-order valence-corrected chi connectivity index (χ1v) is 7.32. The topological polar surface area (TPSA) is 74.7 Å². The molecular formula is C11H23NO4S. The number of sulfonamides is 1. The number of carboxylic acids is 1. The van der Waals surface area contributed by atoms with Crippen molar-refractivity contribution in [1.82, 2.24) is 4.31 Å². The highest BCUT2D eigenvalue weighted by Crippen LogP contribution is 2.20. The van der Waals surface area contributed by atoms with Gasteiger partial charge < -0.3 is 5.11 Å². The second-order valence-corrected chi connectivity index (χ2v) is 7.43. The first-order valence-electron chi connectivity index (χ1n) is 5.71. The van der Waals surface area contributed by atoms with E-state index in [1.807, 2.05) is 27.7 Å². The smallest absolute Gasteiger partial charge is 0.318 e. The van der Waals surface area contributed by atoms with Crippen LogP contribution in [0.5, 0.6) is 0 Å². The molecule has 0 radical (unpaired) electrons. The molecule has 0 aliphatic heterocycles. The summed E-state index contributed by atoms with van der Waals surface area (Å²) >= 11 is 0. The summed E-state index contributed by atoms with van der Waals surface area (Å²) in [5.41, 5.74) is -0.386. The lowest BCUT2D eigenvalue weighted by Gasteiger charge is -2.29. The van der Waals surface area contributed by atoms with Crippen LogP contribution >= 0.6 is 0 Å². The van der Waals surface area contributed by atoms with Crippen LogP contribution in [-0.2, 0) is 14.8 Å². The summed E-state index contributed by atoms with van der Waals surface area (Å²) in [7, 11) is -3.53. The van der Waals surface area contributed by atoms with Gasteiger partial charge in [-0.15, -0.1) is 0 Å². The number of rotatable bonds is 6. The average molecular weight is 265 g/mol. The van der Waals surface area contributed by atoms with E-state index < -0.39 is 22.5 Å². The Morgan fingerprint density at radius 1 is 1.35 bits per heavy atom. The molecule has 0 aliphatic rings. The molecule has 0 bridgehead atoms. The van der Waals surface area contributed by atoms with Crippen molar-refractivity contribution in [3.05, 3.63) is 0 Å². The Balaban J connectivity index is 5.09. The predicted molar refractivity (Wildman–Crippen MR) is 67.3 cm³/mol. The summed E-state index contributed by atoms with van der Waals surface area (Å²) in [6.07, 6.45) is 0.594. The Labute approximate surface area is 104 Å². The number of carboxylic acid groups (broad SMARTS) is 1. The summed E-state index contributed by atoms with van der Waals surface area (Å²) in [4.78, 5) is 10.7. The largest absolute Gasteiger partial charge is 0.480 e. The van der Waals surface area contributed by atoms with Crippen LogP contribution in [0.1, 0.15) is 41.0 Å². The Morgan fingerprint density at radius 3 is 2.12 bits per heavy atom. The summed E-state index contributed by atoms with van der Waals surface area (Å²) in [5, 5.41) is 8.78. The minimum atomic E-state index is -3.53. The number of nitrogens with zero attached hydrogens (tertiary/aromatic N) is 1. The van der Waals surface area contributed by atoms with E-state index in [-0.39, 0.29) is 17.2 Å². The molecule has 0 spiro atoms. The van der Waals surface area contributed by atoms with E-state index >= 15 is 0 Å². The molecule has 17 heavy (non-hydrogen) atoms. The van der Waals surface area contributed by atoms with Crippen molar-refractivity contribution in [2.45, 2.75) is 47.1 Å². The molecule has 0 aromatic heterocycles. The Morgan fingerprint density at radius 2 is 1.82 bits per heavy atom. The molecule has 1 unspecified atom stereocenters. The fourth-order valence-electron chi connectivity index (χ4n) is 1.50. The normalized spacial score (nSPS) is 14.9. The summed E-state index contributed by atoms with van der Waals surface area (Å²) in [6, 6.07) is -0.293. The van der Waals surface area contributed by atoms with Crippen LogP contribution < -0.4 is 0 Å². The van der Waals surface area contributed by atoms with Gasteiger partial charge in [0.1, 0.15) is 6.54 Å². The first kappa shape index (κ1) is 16.4. The van der Waals surface area contributed by atoms with Gasteiger partial charge in [-0.2, -0.15) is 4.31 Å². The zero-order valence-corrected chi connectivity index (χ0v) is 12.0. The zero-order valence-electron chi connectivity index (χ0n) is 11.2. The number of hydrogen-bond acceptors (Lipinski definition) is 3. The zero-order chi connectivity index (χ0) is 13.9. The number of carbonyl (C=O) groups is 1. The summed E-state index contributed by atoms with van der Waals surface area (Å²) in [6.45, 7) is 8.56. The Kier molecular flexibility index (Phi) is 5.61. The van der Waals surface area contributed by atoms with Gasteiger partial charge in [0.15, 0.2) is 0 Å². The van der Waals surface area contributed by atoms with Crippen molar-refractivity contribution < 1.29 is 18.3 Å². The fraction of sp³-hybridized carbons (Fsp3) is 0.909. The van der Waals surface area contributed by atoms with E-state index in [9.17, 15) is 13.2 Å². The second-order valence-electron chi connectivity index (χ2n) is 5.51. The molecule has 1 atom stereocenters. The van der Waals surface area contributed by atoms with Gasteiger partial charge in [-0.1, -0.05) is 27.7 Å². The second kappa shape index (κ2) is 5.82. The van der Waals surface area contributed by atoms with Gasteiger partial charge in [0.2, 0.25) is 10.0 Å². The Hall–Kier alpha value is -0.620. The van der Waals surface area contributed by atoms with E-state index in [0.29, 0.717) is 6.42 Å². The third kappa shape index (κ3) is 6.02. The van der Waals surface area contributed by atoms with Crippen molar-refractivity contribution in [2.24, 2.45) is 5.41 Å². The van der Waals surface area contributed by atoms with Gasteiger partial charge in [0.25, 0.3) is 0 Å². The maximum absolute atomic E-state index is 12.1. The lowest BCUT2D eigenvalue weighted by atomic mass is 10.0. The molecule has 102 valence electrons. The van der Waals surface area contributed by atoms with Crippen LogP contribution in [0.25, 0.3) is 0 Å². The van der Waals surface area contributed by atoms with Crippen LogP contribution in [0.15, 0.2) is 0 Å². The number of aliphatic carboxylic acids is 1. The van der Waals surface area contributed by atoms with Gasteiger partial charge >= 0.3 is 5.97 Å². The molecule has 0 rings (SSSR count). The fourth-order valence-corrected chi connectivity index (χ4v) is 3.76. The van der Waals surface area contributed by atoms with Crippen LogP contribution in [0.2, 0.25) is 0 Å². The molecule has 0 heterocycles. The minimum absolute atomic E-state index is 0.0440. The van der Waals surface area contributed by atoms with Crippen LogP contribution in [0.4, 0.5) is 0 Å². The first-order chi connectivity index (χ1) is 7.49. The van der Waals surface area contributed by atoms with E-state index in [4.69, 9.17) is 5.11 Å². The molecule has 0 saturated carbocycles. The number of hydrogen-bond donors (Lipinski definition) is 1. The van der Waals surface area contributed by atoms with Crippen LogP contribution in [0.3, 0.4) is 0 Å². The highest BCUT2D eigenvalue weighted by atomic mass is 32.2. The van der Waals surface area contributed by atoms with Crippen molar-refractivity contribution in [2.75, 3.05) is 12.3 Å². The van der Waals surface area contributed by atoms with Crippen LogP contribution in [0, 0.1) is 5.41 Å². The van der Waals surface area contributed by atoms with E-state index in [2.05, 4.69) is 0 Å². The van der Waals surface area contributed by atoms with Crippen molar-refractivity contribution >= 4 is 16.0 Å². The standard InChI is InChI=1S/C11H23NO4S/c1-6-9(2)12(7-10(13)14)17(15,16)8-11(3,4)5/h9H,6-8H2,1-5H3,(H,13,14). The molecule has 0 aromatic rings. The molecule has 0 amide bonds. The SMILES string of the molecule is CCC(C)N(CC(=O)O)S(=O)(=O)CC(C)(C)C. The van der Waals surface area contributed by atoms with E-state index in [1.165, 1.54) is 0 Å². The maximum Gasteiger partial charge on any atom is 0.318 e. The average Bonchev–Trinajstić information content (AvgIpc) is 2.08. The molecule has 0 saturated heterocycles. The van der Waals surface area contributed by atoms with Gasteiger partial charge in [-0.05, 0) is 18.8 Å². The quantitative estimate of drug-likeness (QED) is 0.790. The Bertz CT molecular complexity index is 356. The monoisotopic (exact) mass is 265 g/mol. The van der Waals surface area contributed by atoms with E-state index in [1.54, 1.807) is 6.92 Å². The van der Waals surface area contributed by atoms with Gasteiger partial charge in [0.05, 0.1) is 5.75 Å². The van der Waals surface area contributed by atoms with Crippen molar-refractivity contribution in [1.29, 1.82) is 0 Å². The van der Waals surface area contributed by atoms with Crippen molar-refractivity contribution in [3.8, 4) is 0 Å². The molecule has 0 aliphatic carbocycles. The van der Waals surface area contributed by atoms with Gasteiger partial charge in [-0.25, -0.2) is 8.42 Å². The van der Waals surface area contributed by atoms with Crippen LogP contribution in [-0.4, -0.2) is 42.1 Å². The van der Waals surface area contributed by atoms with Gasteiger partial charge in [0, 0.05) is 6.04 Å². The van der Waals surface area contributed by atoms with E-state index in [0.717, 1.165) is 4.31 Å². The highest BCUT2D eigenvalue weighted by molar-refractivity contribution is 7.89. The minimum Gasteiger partial charge on any atom is -0.480 e. The third-order valence-electron chi connectivity index (χ3n) is 2.35. The molecule has 0 aromatic carbocycles. The molecule has 5 nitrogen and oxygen atoms in total. The predicted octanol–water partition coefficient (Wildman–Crippen LogP) is 1.55. The summed E-state index contributed by atoms with van der Waals surface area (Å²) in [5.74, 6) is -1.17. The molecular weight excluding hydrogens is 242 g/mol. The highest BCUT2D eigenvalue weighted by Gasteiger charge is 2.32. The molecule has 0 fully saturated rings. The van der Waals surface area contributed by atoms with Gasteiger partial charge in [-0.3, -0.25) is 4.79 Å². The lowest BCUT2D eigenvalue weighted by molar-refractivity contribution is -0.137. The summed E-state index contributed by atoms with van der Waals surface area (Å²) < 4.78 is 25.4. The van der Waals surface area contributed by atoms with Crippen molar-refractivity contribution in [3.63, 3.8) is 0 Å². The maximum atomic E-state index is 12.1. The lowest BCUT2D eigenvalue weighted by Crippen LogP contribution is -2.44. The molecule has 6 heteroatoms. The molecule has 1 N–H and O–H groups in total.